The monoisotopic (exact) mass is 247 g/mol. The number of nitrogens with one attached hydrogen (secondary N) is 1. The zero-order chi connectivity index (χ0) is 12.1. The summed E-state index contributed by atoms with van der Waals surface area (Å²) in [5.41, 5.74) is 1.07. The second-order valence-electron chi connectivity index (χ2n) is 3.69. The van der Waals surface area contributed by atoms with Gasteiger partial charge in [0.1, 0.15) is 0 Å². The third kappa shape index (κ3) is 3.64. The summed E-state index contributed by atoms with van der Waals surface area (Å²) in [5.74, 6) is -0.0109. The van der Waals surface area contributed by atoms with Crippen LogP contribution in [0.1, 0.15) is 16.9 Å². The van der Waals surface area contributed by atoms with E-state index in [4.69, 9.17) is 0 Å². The van der Waals surface area contributed by atoms with E-state index >= 15 is 0 Å². The zero-order valence-corrected chi connectivity index (χ0v) is 10.3. The molecule has 0 aliphatic carbocycles. The van der Waals surface area contributed by atoms with Crippen LogP contribution in [0.4, 0.5) is 5.13 Å². The van der Waals surface area contributed by atoms with Crippen molar-refractivity contribution in [2.24, 2.45) is 0 Å². The van der Waals surface area contributed by atoms with Gasteiger partial charge in [-0.15, -0.1) is 11.3 Å². The molecular formula is C12H13N3OS. The Hall–Kier alpha value is -1.75. The summed E-state index contributed by atoms with van der Waals surface area (Å²) >= 11 is 1.48. The van der Waals surface area contributed by atoms with Crippen LogP contribution in [0.3, 0.4) is 0 Å². The summed E-state index contributed by atoms with van der Waals surface area (Å²) in [6.45, 7) is 1.96. The number of rotatable bonds is 4. The Bertz CT molecular complexity index is 495. The van der Waals surface area contributed by atoms with Crippen LogP contribution < -0.4 is 5.32 Å². The van der Waals surface area contributed by atoms with Crippen LogP contribution in [0.25, 0.3) is 0 Å². The second kappa shape index (κ2) is 5.54. The van der Waals surface area contributed by atoms with E-state index in [9.17, 15) is 4.79 Å². The van der Waals surface area contributed by atoms with Crippen molar-refractivity contribution in [2.45, 2.75) is 19.8 Å². The summed E-state index contributed by atoms with van der Waals surface area (Å²) in [7, 11) is 0. The lowest BCUT2D eigenvalue weighted by molar-refractivity contribution is -0.116. The molecule has 1 N–H and O–H groups in total. The molecule has 0 fully saturated rings. The third-order valence-corrected chi connectivity index (χ3v) is 3.06. The maximum Gasteiger partial charge on any atom is 0.226 e. The average Bonchev–Trinajstić information content (AvgIpc) is 2.73. The number of aryl methyl sites for hydroxylation is 2. The van der Waals surface area contributed by atoms with Crippen LogP contribution >= 0.6 is 11.3 Å². The molecule has 17 heavy (non-hydrogen) atoms. The van der Waals surface area contributed by atoms with E-state index in [2.05, 4.69) is 15.3 Å². The van der Waals surface area contributed by atoms with E-state index in [0.717, 1.165) is 10.4 Å². The van der Waals surface area contributed by atoms with Gasteiger partial charge in [-0.3, -0.25) is 9.78 Å². The first-order valence-corrected chi connectivity index (χ1v) is 6.17. The molecule has 0 aliphatic heterocycles. The SMILES string of the molecule is Cc1cnc(NC(=O)CCc2cccnc2)s1. The summed E-state index contributed by atoms with van der Waals surface area (Å²) in [5, 5.41) is 3.45. The molecule has 88 valence electrons. The lowest BCUT2D eigenvalue weighted by Crippen LogP contribution is -2.12. The van der Waals surface area contributed by atoms with Crippen molar-refractivity contribution in [3.05, 3.63) is 41.2 Å². The Balaban J connectivity index is 1.82. The second-order valence-corrected chi connectivity index (χ2v) is 4.92. The summed E-state index contributed by atoms with van der Waals surface area (Å²) in [6.07, 6.45) is 6.40. The fourth-order valence-corrected chi connectivity index (χ4v) is 2.08. The van der Waals surface area contributed by atoms with Gasteiger partial charge < -0.3 is 5.32 Å². The van der Waals surface area contributed by atoms with Crippen molar-refractivity contribution >= 4 is 22.4 Å². The molecular weight excluding hydrogens is 234 g/mol. The predicted octanol–water partition coefficient (Wildman–Crippen LogP) is 2.42. The fraction of sp³-hybridized carbons (Fsp3) is 0.250. The van der Waals surface area contributed by atoms with Crippen LogP contribution in [0, 0.1) is 6.92 Å². The van der Waals surface area contributed by atoms with Gasteiger partial charge in [0, 0.05) is 29.9 Å². The number of amides is 1. The minimum absolute atomic E-state index is 0.0109. The number of carbonyl (C=O) groups excluding carboxylic acids is 1. The van der Waals surface area contributed by atoms with Gasteiger partial charge in [0.25, 0.3) is 0 Å². The van der Waals surface area contributed by atoms with E-state index in [-0.39, 0.29) is 5.91 Å². The van der Waals surface area contributed by atoms with E-state index in [1.807, 2.05) is 19.1 Å². The first-order valence-electron chi connectivity index (χ1n) is 5.35. The molecule has 0 saturated heterocycles. The fourth-order valence-electron chi connectivity index (χ4n) is 1.40. The largest absolute Gasteiger partial charge is 0.302 e. The molecule has 0 radical (unpaired) electrons. The molecule has 4 nitrogen and oxygen atoms in total. The third-order valence-electron chi connectivity index (χ3n) is 2.23. The predicted molar refractivity (Wildman–Crippen MR) is 68.0 cm³/mol. The number of nitrogens with zero attached hydrogens (tertiary/aromatic N) is 2. The minimum atomic E-state index is -0.0109. The minimum Gasteiger partial charge on any atom is -0.302 e. The Morgan fingerprint density at radius 1 is 1.47 bits per heavy atom. The topological polar surface area (TPSA) is 54.9 Å². The van der Waals surface area contributed by atoms with Crippen molar-refractivity contribution in [1.29, 1.82) is 0 Å². The van der Waals surface area contributed by atoms with Crippen LogP contribution in [-0.2, 0) is 11.2 Å². The summed E-state index contributed by atoms with van der Waals surface area (Å²) in [4.78, 5) is 20.8. The zero-order valence-electron chi connectivity index (χ0n) is 9.51. The highest BCUT2D eigenvalue weighted by molar-refractivity contribution is 7.15. The van der Waals surface area contributed by atoms with E-state index in [1.54, 1.807) is 18.6 Å². The first kappa shape index (κ1) is 11.7. The molecule has 2 aromatic heterocycles. The molecule has 0 bridgehead atoms. The normalized spacial score (nSPS) is 10.2. The van der Waals surface area contributed by atoms with Gasteiger partial charge in [0.05, 0.1) is 0 Å². The standard InChI is InChI=1S/C12H13N3OS/c1-9-7-14-12(17-9)15-11(16)5-4-10-3-2-6-13-8-10/h2-3,6-8H,4-5H2,1H3,(H,14,15,16). The van der Waals surface area contributed by atoms with E-state index in [0.29, 0.717) is 18.0 Å². The number of hydrogen-bond acceptors (Lipinski definition) is 4. The average molecular weight is 247 g/mol. The van der Waals surface area contributed by atoms with Crippen LogP contribution in [0.5, 0.6) is 0 Å². The maximum absolute atomic E-state index is 11.6. The van der Waals surface area contributed by atoms with Gasteiger partial charge in [0.15, 0.2) is 5.13 Å². The smallest absolute Gasteiger partial charge is 0.226 e. The van der Waals surface area contributed by atoms with Gasteiger partial charge in [0.2, 0.25) is 5.91 Å². The van der Waals surface area contributed by atoms with Gasteiger partial charge in [-0.1, -0.05) is 6.07 Å². The number of aromatic nitrogens is 2. The van der Waals surface area contributed by atoms with Gasteiger partial charge in [-0.2, -0.15) is 0 Å². The molecule has 0 atom stereocenters. The summed E-state index contributed by atoms with van der Waals surface area (Å²) in [6, 6.07) is 3.84. The molecule has 2 aromatic rings. The first-order chi connectivity index (χ1) is 8.24. The molecule has 0 aromatic carbocycles. The number of thiazole rings is 1. The lowest BCUT2D eigenvalue weighted by Gasteiger charge is -2.01. The number of anilines is 1. The highest BCUT2D eigenvalue weighted by atomic mass is 32.1. The molecule has 1 amide bonds. The molecule has 0 spiro atoms. The van der Waals surface area contributed by atoms with Crippen molar-refractivity contribution in [3.8, 4) is 0 Å². The quantitative estimate of drug-likeness (QED) is 0.902. The Labute approximate surface area is 104 Å². The highest BCUT2D eigenvalue weighted by Crippen LogP contribution is 2.16. The van der Waals surface area contributed by atoms with Gasteiger partial charge in [-0.25, -0.2) is 4.98 Å². The van der Waals surface area contributed by atoms with Crippen molar-refractivity contribution in [2.75, 3.05) is 5.32 Å². The number of carbonyl (C=O) groups is 1. The Morgan fingerprint density at radius 3 is 3.00 bits per heavy atom. The van der Waals surface area contributed by atoms with Crippen molar-refractivity contribution in [1.82, 2.24) is 9.97 Å². The van der Waals surface area contributed by atoms with Crippen LogP contribution in [0.2, 0.25) is 0 Å². The summed E-state index contributed by atoms with van der Waals surface area (Å²) < 4.78 is 0. The molecule has 5 heteroatoms. The molecule has 0 aliphatic rings. The number of hydrogen-bond donors (Lipinski definition) is 1. The van der Waals surface area contributed by atoms with E-state index < -0.39 is 0 Å². The Kier molecular flexibility index (Phi) is 3.82. The molecule has 2 rings (SSSR count). The maximum atomic E-state index is 11.6. The van der Waals surface area contributed by atoms with Crippen molar-refractivity contribution in [3.63, 3.8) is 0 Å². The number of pyridine rings is 1. The van der Waals surface area contributed by atoms with Crippen LogP contribution in [-0.4, -0.2) is 15.9 Å². The van der Waals surface area contributed by atoms with E-state index in [1.165, 1.54) is 11.3 Å². The lowest BCUT2D eigenvalue weighted by atomic mass is 10.1. The molecule has 0 unspecified atom stereocenters. The highest BCUT2D eigenvalue weighted by Gasteiger charge is 2.05. The van der Waals surface area contributed by atoms with Crippen LogP contribution in [0.15, 0.2) is 30.7 Å². The molecule has 0 saturated carbocycles. The van der Waals surface area contributed by atoms with Crippen molar-refractivity contribution < 1.29 is 4.79 Å². The Morgan fingerprint density at radius 2 is 2.35 bits per heavy atom. The van der Waals surface area contributed by atoms with Gasteiger partial charge in [-0.05, 0) is 25.0 Å². The molecule has 2 heterocycles. The van der Waals surface area contributed by atoms with Gasteiger partial charge >= 0.3 is 0 Å².